The van der Waals surface area contributed by atoms with Crippen molar-refractivity contribution in [2.45, 2.75) is 25.9 Å². The summed E-state index contributed by atoms with van der Waals surface area (Å²) in [6, 6.07) is 19.8. The number of benzene rings is 2. The number of thiocarbonyl (C=S) groups is 1. The van der Waals surface area contributed by atoms with Crippen LogP contribution in [0.25, 0.3) is 5.69 Å². The molecule has 42 heavy (non-hydrogen) atoms. The van der Waals surface area contributed by atoms with Crippen molar-refractivity contribution in [1.29, 1.82) is 0 Å². The molecule has 2 aromatic heterocycles. The number of carbonyl (C=O) groups is 1. The lowest BCUT2D eigenvalue weighted by atomic mass is 9.96. The Labute approximate surface area is 250 Å². The molecule has 0 radical (unpaired) electrons. The molecule has 0 aliphatic carbocycles. The average molecular weight is 606 g/mol. The summed E-state index contributed by atoms with van der Waals surface area (Å²) >= 11 is 5.89. The van der Waals surface area contributed by atoms with Crippen LogP contribution >= 0.6 is 12.2 Å². The first-order valence-corrected chi connectivity index (χ1v) is 15.4. The number of hydrogen-bond acceptors (Lipinski definition) is 7. The van der Waals surface area contributed by atoms with Gasteiger partial charge in [-0.15, -0.1) is 0 Å². The summed E-state index contributed by atoms with van der Waals surface area (Å²) in [7, 11) is -0.667. The van der Waals surface area contributed by atoms with Crippen LogP contribution in [0.3, 0.4) is 0 Å². The first-order chi connectivity index (χ1) is 20.0. The molecule has 1 aliphatic rings. The summed E-state index contributed by atoms with van der Waals surface area (Å²) in [5, 5.41) is 3.96. The molecule has 1 saturated heterocycles. The standard InChI is InChI=1S/C30H31N5O5S2/c1-18-16-23(19(2)34(18)21-11-9-20(10-12-21)29(36)40-4)28-27(25-8-6-7-15-31-25)32-30(41)35(28)22-13-14-24(26(17-22)39-3)33-42(5,37)38/h6-17,27-28,33H,1-5H3,(H,32,41)/t27-,28+/m1/s1. The lowest BCUT2D eigenvalue weighted by Crippen LogP contribution is -2.29. The highest BCUT2D eigenvalue weighted by Crippen LogP contribution is 2.45. The maximum Gasteiger partial charge on any atom is 0.337 e. The highest BCUT2D eigenvalue weighted by atomic mass is 32.2. The van der Waals surface area contributed by atoms with Gasteiger partial charge in [0, 0.05) is 35.0 Å². The van der Waals surface area contributed by atoms with Gasteiger partial charge in [-0.1, -0.05) is 6.07 Å². The molecule has 0 spiro atoms. The minimum Gasteiger partial charge on any atom is -0.494 e. The number of esters is 1. The summed E-state index contributed by atoms with van der Waals surface area (Å²) in [5.41, 5.74) is 6.24. The van der Waals surface area contributed by atoms with Crippen molar-refractivity contribution < 1.29 is 22.7 Å². The number of nitrogens with zero attached hydrogens (tertiary/aromatic N) is 3. The van der Waals surface area contributed by atoms with Gasteiger partial charge in [-0.2, -0.15) is 0 Å². The van der Waals surface area contributed by atoms with E-state index in [0.29, 0.717) is 22.1 Å². The number of nitrogens with one attached hydrogen (secondary N) is 2. The van der Waals surface area contributed by atoms with Crippen LogP contribution in [-0.2, 0) is 14.8 Å². The monoisotopic (exact) mass is 605 g/mol. The molecular weight excluding hydrogens is 574 g/mol. The lowest BCUT2D eigenvalue weighted by molar-refractivity contribution is 0.0600. The molecule has 1 fully saturated rings. The summed E-state index contributed by atoms with van der Waals surface area (Å²) < 4.78 is 38.9. The van der Waals surface area contributed by atoms with Gasteiger partial charge in [-0.3, -0.25) is 9.71 Å². The van der Waals surface area contributed by atoms with Crippen LogP contribution in [0.5, 0.6) is 5.75 Å². The Bertz CT molecular complexity index is 1750. The third-order valence-electron chi connectivity index (χ3n) is 7.19. The molecule has 0 saturated carbocycles. The number of anilines is 2. The van der Waals surface area contributed by atoms with Gasteiger partial charge in [0.2, 0.25) is 10.0 Å². The number of carbonyl (C=O) groups excluding carboxylic acids is 1. The van der Waals surface area contributed by atoms with Crippen LogP contribution in [0, 0.1) is 13.8 Å². The zero-order chi connectivity index (χ0) is 30.2. The van der Waals surface area contributed by atoms with E-state index in [9.17, 15) is 13.2 Å². The Morgan fingerprint density at radius 1 is 1.02 bits per heavy atom. The largest absolute Gasteiger partial charge is 0.494 e. The molecule has 1 aliphatic heterocycles. The van der Waals surface area contributed by atoms with Gasteiger partial charge in [-0.25, -0.2) is 13.2 Å². The minimum atomic E-state index is -3.51. The predicted octanol–water partition coefficient (Wildman–Crippen LogP) is 4.83. The van der Waals surface area contributed by atoms with Crippen molar-refractivity contribution in [3.05, 3.63) is 101 Å². The molecule has 3 heterocycles. The van der Waals surface area contributed by atoms with E-state index in [1.54, 1.807) is 30.5 Å². The quantitative estimate of drug-likeness (QED) is 0.215. The van der Waals surface area contributed by atoms with Crippen molar-refractivity contribution in [3.63, 3.8) is 0 Å². The number of methoxy groups -OCH3 is 2. The lowest BCUT2D eigenvalue weighted by Gasteiger charge is -2.29. The molecule has 2 aromatic carbocycles. The predicted molar refractivity (Wildman–Crippen MR) is 166 cm³/mol. The number of pyridine rings is 1. The van der Waals surface area contributed by atoms with Gasteiger partial charge in [0.25, 0.3) is 0 Å². The van der Waals surface area contributed by atoms with E-state index in [1.165, 1.54) is 14.2 Å². The summed E-state index contributed by atoms with van der Waals surface area (Å²) in [5.74, 6) is -0.0345. The third kappa shape index (κ3) is 5.55. The number of hydrogen-bond donors (Lipinski definition) is 2. The zero-order valence-corrected chi connectivity index (χ0v) is 25.4. The molecule has 2 atom stereocenters. The van der Waals surface area contributed by atoms with E-state index in [-0.39, 0.29) is 12.1 Å². The summed E-state index contributed by atoms with van der Waals surface area (Å²) in [6.07, 6.45) is 2.84. The smallest absolute Gasteiger partial charge is 0.337 e. The molecule has 5 rings (SSSR count). The normalized spacial score (nSPS) is 16.7. The van der Waals surface area contributed by atoms with E-state index in [4.69, 9.17) is 21.7 Å². The fourth-order valence-electron chi connectivity index (χ4n) is 5.41. The molecule has 0 unspecified atom stereocenters. The fourth-order valence-corrected chi connectivity index (χ4v) is 6.33. The van der Waals surface area contributed by atoms with Crippen molar-refractivity contribution >= 4 is 44.7 Å². The molecule has 0 bridgehead atoms. The number of aromatic nitrogens is 2. The van der Waals surface area contributed by atoms with Crippen LogP contribution in [0.2, 0.25) is 0 Å². The molecule has 2 N–H and O–H groups in total. The van der Waals surface area contributed by atoms with Gasteiger partial charge < -0.3 is 24.3 Å². The zero-order valence-electron chi connectivity index (χ0n) is 23.8. The van der Waals surface area contributed by atoms with Crippen LogP contribution in [0.1, 0.15) is 45.1 Å². The van der Waals surface area contributed by atoms with Gasteiger partial charge >= 0.3 is 5.97 Å². The molecule has 10 nitrogen and oxygen atoms in total. The molecule has 12 heteroatoms. The Morgan fingerprint density at radius 2 is 1.74 bits per heavy atom. The highest BCUT2D eigenvalue weighted by Gasteiger charge is 2.42. The van der Waals surface area contributed by atoms with Crippen LogP contribution < -0.4 is 19.7 Å². The number of rotatable bonds is 8. The van der Waals surface area contributed by atoms with Gasteiger partial charge in [0.15, 0.2) is 5.11 Å². The summed E-state index contributed by atoms with van der Waals surface area (Å²) in [4.78, 5) is 18.6. The van der Waals surface area contributed by atoms with E-state index in [1.807, 2.05) is 55.1 Å². The molecular formula is C30H31N5O5S2. The van der Waals surface area contributed by atoms with Crippen LogP contribution in [-0.4, -0.2) is 49.5 Å². The van der Waals surface area contributed by atoms with Crippen molar-refractivity contribution in [1.82, 2.24) is 14.9 Å². The summed E-state index contributed by atoms with van der Waals surface area (Å²) in [6.45, 7) is 4.07. The average Bonchev–Trinajstić information content (AvgIpc) is 3.47. The first kappa shape index (κ1) is 29.1. The van der Waals surface area contributed by atoms with Gasteiger partial charge in [0.05, 0.1) is 49.5 Å². The van der Waals surface area contributed by atoms with Crippen molar-refractivity contribution in [3.8, 4) is 11.4 Å². The molecule has 4 aromatic rings. The highest BCUT2D eigenvalue weighted by molar-refractivity contribution is 7.92. The van der Waals surface area contributed by atoms with Crippen LogP contribution in [0.4, 0.5) is 11.4 Å². The van der Waals surface area contributed by atoms with Gasteiger partial charge in [0.1, 0.15) is 5.75 Å². The van der Waals surface area contributed by atoms with E-state index >= 15 is 0 Å². The second kappa shape index (κ2) is 11.5. The van der Waals surface area contributed by atoms with Gasteiger partial charge in [-0.05, 0) is 86.2 Å². The van der Waals surface area contributed by atoms with E-state index < -0.39 is 16.0 Å². The molecule has 0 amide bonds. The number of ether oxygens (including phenoxy) is 2. The maximum atomic E-state index is 12.0. The van der Waals surface area contributed by atoms with Crippen molar-refractivity contribution in [2.75, 3.05) is 30.1 Å². The Hall–Kier alpha value is -4.42. The second-order valence-electron chi connectivity index (χ2n) is 9.96. The Kier molecular flexibility index (Phi) is 7.93. The van der Waals surface area contributed by atoms with E-state index in [2.05, 4.69) is 25.7 Å². The minimum absolute atomic E-state index is 0.283. The topological polar surface area (TPSA) is 115 Å². The second-order valence-corrected chi connectivity index (χ2v) is 12.1. The number of aryl methyl sites for hydroxylation is 1. The third-order valence-corrected chi connectivity index (χ3v) is 8.10. The van der Waals surface area contributed by atoms with E-state index in [0.717, 1.165) is 40.3 Å². The van der Waals surface area contributed by atoms with Crippen molar-refractivity contribution in [2.24, 2.45) is 0 Å². The first-order valence-electron chi connectivity index (χ1n) is 13.1. The Balaban J connectivity index is 1.63. The fraction of sp³-hybridized carbons (Fsp3) is 0.233. The maximum absolute atomic E-state index is 12.0. The Morgan fingerprint density at radius 3 is 2.36 bits per heavy atom. The number of sulfonamides is 1. The molecule has 218 valence electrons. The SMILES string of the molecule is COC(=O)c1ccc(-n2c(C)cc([C@H]3[C@@H](c4ccccn4)NC(=S)N3c3ccc(NS(C)(=O)=O)c(OC)c3)c2C)cc1. The van der Waals surface area contributed by atoms with Crippen LogP contribution in [0.15, 0.2) is 72.9 Å².